The minimum absolute atomic E-state index is 0.213. The molecule has 0 atom stereocenters. The first-order valence-corrected chi connectivity index (χ1v) is 12.9. The second kappa shape index (κ2) is 11.5. The third kappa shape index (κ3) is 5.70. The van der Waals surface area contributed by atoms with Crippen LogP contribution in [0.5, 0.6) is 11.5 Å². The highest BCUT2D eigenvalue weighted by Crippen LogP contribution is 2.42. The number of hydrogen-bond acceptors (Lipinski definition) is 7. The lowest BCUT2D eigenvalue weighted by atomic mass is 9.96. The van der Waals surface area contributed by atoms with Gasteiger partial charge in [0.1, 0.15) is 24.7 Å². The third-order valence-electron chi connectivity index (χ3n) is 6.41. The van der Waals surface area contributed by atoms with E-state index in [0.717, 1.165) is 33.6 Å². The number of aromatic nitrogens is 4. The van der Waals surface area contributed by atoms with E-state index < -0.39 is 0 Å². The first-order chi connectivity index (χ1) is 18.5. The van der Waals surface area contributed by atoms with Crippen LogP contribution in [-0.2, 0) is 25.1 Å². The van der Waals surface area contributed by atoms with E-state index in [-0.39, 0.29) is 5.92 Å². The lowest BCUT2D eigenvalue weighted by molar-refractivity contribution is -0.0557. The fraction of sp³-hybridized carbons (Fsp3) is 0.300. The Balaban J connectivity index is 1.59. The van der Waals surface area contributed by atoms with Gasteiger partial charge in [-0.2, -0.15) is 4.80 Å². The number of ether oxygens (including phenoxy) is 2. The standard InChI is InChI=1S/C30H33N5O3/c1-5-35-18-26(30-31-33-34(4)32-30)29(38-35)25-16-24(21(2)3)27(36-19-22-12-8-6-9-13-22)17-28(25)37-20-23-14-10-7-11-15-23/h6-17,21H,5,18-20H2,1-4H3. The maximum Gasteiger partial charge on any atom is 0.206 e. The van der Waals surface area contributed by atoms with Crippen molar-refractivity contribution >= 4 is 11.3 Å². The molecule has 0 aliphatic carbocycles. The lowest BCUT2D eigenvalue weighted by Gasteiger charge is -2.21. The summed E-state index contributed by atoms with van der Waals surface area (Å²) < 4.78 is 12.8. The van der Waals surface area contributed by atoms with Gasteiger partial charge in [-0.15, -0.1) is 15.3 Å². The molecule has 0 N–H and O–H groups in total. The maximum atomic E-state index is 6.45. The van der Waals surface area contributed by atoms with E-state index >= 15 is 0 Å². The zero-order valence-electron chi connectivity index (χ0n) is 22.3. The minimum Gasteiger partial charge on any atom is -0.488 e. The molecule has 0 radical (unpaired) electrons. The van der Waals surface area contributed by atoms with Crippen molar-refractivity contribution in [3.8, 4) is 11.5 Å². The Morgan fingerprint density at radius 3 is 2.08 bits per heavy atom. The van der Waals surface area contributed by atoms with Crippen LogP contribution in [0, 0.1) is 0 Å². The molecule has 0 bridgehead atoms. The van der Waals surface area contributed by atoms with E-state index in [4.69, 9.17) is 14.3 Å². The van der Waals surface area contributed by atoms with Gasteiger partial charge in [0.25, 0.3) is 0 Å². The summed E-state index contributed by atoms with van der Waals surface area (Å²) in [6.45, 7) is 8.52. The molecule has 1 aliphatic rings. The van der Waals surface area contributed by atoms with Gasteiger partial charge in [0.2, 0.25) is 5.82 Å². The van der Waals surface area contributed by atoms with Crippen molar-refractivity contribution in [1.29, 1.82) is 0 Å². The summed E-state index contributed by atoms with van der Waals surface area (Å²) >= 11 is 0. The Hall–Kier alpha value is -4.17. The number of likely N-dealkylation sites (N-methyl/N-ethyl adjacent to an activating group) is 1. The fourth-order valence-corrected chi connectivity index (χ4v) is 4.35. The zero-order valence-corrected chi connectivity index (χ0v) is 22.3. The number of aryl methyl sites for hydroxylation is 1. The van der Waals surface area contributed by atoms with E-state index in [1.165, 1.54) is 4.80 Å². The molecule has 4 aromatic rings. The number of hydrogen-bond donors (Lipinski definition) is 0. The van der Waals surface area contributed by atoms with Crippen molar-refractivity contribution in [2.75, 3.05) is 13.1 Å². The van der Waals surface area contributed by atoms with Crippen molar-refractivity contribution in [2.45, 2.75) is 39.9 Å². The molecule has 0 saturated carbocycles. The fourth-order valence-electron chi connectivity index (χ4n) is 4.35. The number of rotatable bonds is 10. The molecule has 8 heteroatoms. The maximum absolute atomic E-state index is 6.45. The van der Waals surface area contributed by atoms with Gasteiger partial charge in [-0.1, -0.05) is 74.5 Å². The largest absolute Gasteiger partial charge is 0.488 e. The van der Waals surface area contributed by atoms with Crippen molar-refractivity contribution in [2.24, 2.45) is 7.05 Å². The molecule has 38 heavy (non-hydrogen) atoms. The summed E-state index contributed by atoms with van der Waals surface area (Å²) in [5.41, 5.74) is 4.97. The predicted octanol–water partition coefficient (Wildman–Crippen LogP) is 5.63. The van der Waals surface area contributed by atoms with Crippen molar-refractivity contribution in [3.05, 3.63) is 101 Å². The van der Waals surface area contributed by atoms with Gasteiger partial charge in [-0.25, -0.2) is 0 Å². The highest BCUT2D eigenvalue weighted by molar-refractivity contribution is 5.89. The van der Waals surface area contributed by atoms with Gasteiger partial charge in [-0.05, 0) is 40.8 Å². The summed E-state index contributed by atoms with van der Waals surface area (Å²) in [7, 11) is 1.76. The van der Waals surface area contributed by atoms with E-state index in [9.17, 15) is 0 Å². The first kappa shape index (κ1) is 25.5. The number of tetrazole rings is 1. The second-order valence-electron chi connectivity index (χ2n) is 9.55. The molecular formula is C30H33N5O3. The highest BCUT2D eigenvalue weighted by Gasteiger charge is 2.31. The number of hydroxylamine groups is 2. The van der Waals surface area contributed by atoms with Crippen molar-refractivity contribution in [3.63, 3.8) is 0 Å². The summed E-state index contributed by atoms with van der Waals surface area (Å²) in [6.07, 6.45) is 0. The number of benzene rings is 3. The SMILES string of the molecule is CCN1CC(c2nnn(C)n2)=C(c2cc(C(C)C)c(OCc3ccccc3)cc2OCc2ccccc2)O1. The van der Waals surface area contributed by atoms with Gasteiger partial charge in [0.15, 0.2) is 5.76 Å². The third-order valence-corrected chi connectivity index (χ3v) is 6.41. The van der Waals surface area contributed by atoms with Crippen molar-refractivity contribution < 1.29 is 14.3 Å². The molecule has 5 rings (SSSR count). The lowest BCUT2D eigenvalue weighted by Crippen LogP contribution is -2.18. The highest BCUT2D eigenvalue weighted by atomic mass is 16.7. The molecule has 1 aromatic heterocycles. The van der Waals surface area contributed by atoms with Crippen LogP contribution in [0.4, 0.5) is 0 Å². The molecule has 0 unspecified atom stereocenters. The Kier molecular flexibility index (Phi) is 7.70. The minimum atomic E-state index is 0.213. The van der Waals surface area contributed by atoms with E-state index in [1.807, 2.05) is 59.7 Å². The summed E-state index contributed by atoms with van der Waals surface area (Å²) in [4.78, 5) is 7.80. The van der Waals surface area contributed by atoms with Crippen LogP contribution < -0.4 is 9.47 Å². The smallest absolute Gasteiger partial charge is 0.206 e. The zero-order chi connectivity index (χ0) is 26.5. The monoisotopic (exact) mass is 511 g/mol. The van der Waals surface area contributed by atoms with Gasteiger partial charge in [0.05, 0.1) is 24.7 Å². The Bertz CT molecular complexity index is 1400. The van der Waals surface area contributed by atoms with Crippen molar-refractivity contribution in [1.82, 2.24) is 25.3 Å². The van der Waals surface area contributed by atoms with Crippen LogP contribution >= 0.6 is 0 Å². The summed E-state index contributed by atoms with van der Waals surface area (Å²) in [5, 5.41) is 14.7. The Labute approximate surface area is 223 Å². The van der Waals surface area contributed by atoms with Crippen LogP contribution in [0.1, 0.15) is 54.8 Å². The molecule has 8 nitrogen and oxygen atoms in total. The average molecular weight is 512 g/mol. The molecule has 0 amide bonds. The van der Waals surface area contributed by atoms with Gasteiger partial charge < -0.3 is 14.3 Å². The molecule has 0 fully saturated rings. The van der Waals surface area contributed by atoms with Crippen LogP contribution in [0.25, 0.3) is 11.3 Å². The molecule has 1 aliphatic heterocycles. The Morgan fingerprint density at radius 2 is 1.53 bits per heavy atom. The molecule has 196 valence electrons. The van der Waals surface area contributed by atoms with Crippen LogP contribution in [0.3, 0.4) is 0 Å². The normalized spacial score (nSPS) is 13.7. The van der Waals surface area contributed by atoms with Crippen LogP contribution in [0.15, 0.2) is 72.8 Å². The topological polar surface area (TPSA) is 74.5 Å². The van der Waals surface area contributed by atoms with Gasteiger partial charge in [0, 0.05) is 12.6 Å². The average Bonchev–Trinajstić information content (AvgIpc) is 3.57. The van der Waals surface area contributed by atoms with Gasteiger partial charge >= 0.3 is 0 Å². The van der Waals surface area contributed by atoms with E-state index in [2.05, 4.69) is 54.4 Å². The summed E-state index contributed by atoms with van der Waals surface area (Å²) in [5.74, 6) is 2.91. The van der Waals surface area contributed by atoms with E-state index in [1.54, 1.807) is 7.05 Å². The quantitative estimate of drug-likeness (QED) is 0.273. The van der Waals surface area contributed by atoms with Crippen LogP contribution in [0.2, 0.25) is 0 Å². The molecule has 2 heterocycles. The molecule has 3 aromatic carbocycles. The molecule has 0 spiro atoms. The van der Waals surface area contributed by atoms with E-state index in [0.29, 0.717) is 43.6 Å². The summed E-state index contributed by atoms with van der Waals surface area (Å²) in [6, 6.07) is 24.4. The predicted molar refractivity (Wildman–Crippen MR) is 146 cm³/mol. The molecule has 0 saturated heterocycles. The molecular weight excluding hydrogens is 478 g/mol. The Morgan fingerprint density at radius 1 is 0.895 bits per heavy atom. The second-order valence-corrected chi connectivity index (χ2v) is 9.55. The van der Waals surface area contributed by atoms with Gasteiger partial charge in [-0.3, -0.25) is 0 Å². The van der Waals surface area contributed by atoms with Crippen LogP contribution in [-0.4, -0.2) is 38.4 Å². The number of nitrogens with zero attached hydrogens (tertiary/aromatic N) is 5. The first-order valence-electron chi connectivity index (χ1n) is 12.9.